The zero-order valence-corrected chi connectivity index (χ0v) is 13.6. The van der Waals surface area contributed by atoms with Gasteiger partial charge in [0.1, 0.15) is 12.7 Å². The van der Waals surface area contributed by atoms with E-state index in [1.807, 2.05) is 36.0 Å². The van der Waals surface area contributed by atoms with Crippen LogP contribution in [0.3, 0.4) is 0 Å². The maximum Gasteiger partial charge on any atom is 0.225 e. The van der Waals surface area contributed by atoms with Crippen LogP contribution in [0.2, 0.25) is 0 Å². The quantitative estimate of drug-likeness (QED) is 0.887. The lowest BCUT2D eigenvalue weighted by Crippen LogP contribution is -2.39. The van der Waals surface area contributed by atoms with Crippen LogP contribution in [0.4, 0.5) is 5.69 Å². The van der Waals surface area contributed by atoms with Gasteiger partial charge in [0.25, 0.3) is 0 Å². The van der Waals surface area contributed by atoms with Crippen molar-refractivity contribution >= 4 is 35.8 Å². The van der Waals surface area contributed by atoms with Gasteiger partial charge in [-0.2, -0.15) is 16.9 Å². The van der Waals surface area contributed by atoms with Gasteiger partial charge in [-0.1, -0.05) is 0 Å². The molecule has 1 aliphatic rings. The Kier molecular flexibility index (Phi) is 6.23. The van der Waals surface area contributed by atoms with Gasteiger partial charge in [-0.15, -0.1) is 12.4 Å². The molecule has 2 N–H and O–H groups in total. The topological polar surface area (TPSA) is 71.8 Å². The van der Waals surface area contributed by atoms with Gasteiger partial charge in [-0.25, -0.2) is 9.67 Å². The fraction of sp³-hybridized carbons (Fsp3) is 0.357. The molecule has 3 rings (SSSR count). The van der Waals surface area contributed by atoms with Crippen molar-refractivity contribution in [3.05, 3.63) is 36.9 Å². The van der Waals surface area contributed by atoms with Crippen LogP contribution in [0.1, 0.15) is 6.42 Å². The molecule has 2 heterocycles. The van der Waals surface area contributed by atoms with Gasteiger partial charge in [0.2, 0.25) is 5.91 Å². The fourth-order valence-corrected chi connectivity index (χ4v) is 3.17. The summed E-state index contributed by atoms with van der Waals surface area (Å²) in [6.07, 6.45) is 3.64. The molecule has 1 amide bonds. The highest BCUT2D eigenvalue weighted by Gasteiger charge is 2.16. The molecule has 0 bridgehead atoms. The number of carbonyl (C=O) groups excluding carboxylic acids is 1. The largest absolute Gasteiger partial charge is 0.326 e. The first kappa shape index (κ1) is 16.8. The van der Waals surface area contributed by atoms with Crippen LogP contribution in [-0.4, -0.2) is 44.8 Å². The predicted molar refractivity (Wildman–Crippen MR) is 91.0 cm³/mol. The number of rotatable bonds is 4. The maximum atomic E-state index is 12.0. The molecule has 8 heteroatoms. The minimum Gasteiger partial charge on any atom is -0.326 e. The average Bonchev–Trinajstić information content (AvgIpc) is 3.03. The highest BCUT2D eigenvalue weighted by Crippen LogP contribution is 2.14. The number of hydrogen-bond donors (Lipinski definition) is 2. The van der Waals surface area contributed by atoms with E-state index in [2.05, 4.69) is 20.7 Å². The molecule has 1 atom stereocenters. The zero-order chi connectivity index (χ0) is 14.5. The van der Waals surface area contributed by atoms with Gasteiger partial charge in [-0.05, 0) is 24.3 Å². The van der Waals surface area contributed by atoms with Crippen molar-refractivity contribution in [1.29, 1.82) is 0 Å². The van der Waals surface area contributed by atoms with Crippen LogP contribution in [0.15, 0.2) is 36.9 Å². The van der Waals surface area contributed by atoms with Crippen LogP contribution in [0.5, 0.6) is 0 Å². The minimum atomic E-state index is 0. The van der Waals surface area contributed by atoms with Gasteiger partial charge in [0, 0.05) is 36.2 Å². The van der Waals surface area contributed by atoms with E-state index in [0.717, 1.165) is 29.4 Å². The minimum absolute atomic E-state index is 0. The molecule has 1 aromatic carbocycles. The smallest absolute Gasteiger partial charge is 0.225 e. The number of thioether (sulfide) groups is 1. The predicted octanol–water partition coefficient (Wildman–Crippen LogP) is 1.72. The number of hydrogen-bond acceptors (Lipinski definition) is 5. The highest BCUT2D eigenvalue weighted by molar-refractivity contribution is 7.99. The zero-order valence-electron chi connectivity index (χ0n) is 11.9. The molecule has 1 fully saturated rings. The van der Waals surface area contributed by atoms with Crippen molar-refractivity contribution in [3.8, 4) is 5.69 Å². The van der Waals surface area contributed by atoms with Crippen molar-refractivity contribution in [2.24, 2.45) is 0 Å². The molecular formula is C14H18ClN5OS. The van der Waals surface area contributed by atoms with Gasteiger partial charge in [-0.3, -0.25) is 4.79 Å². The van der Waals surface area contributed by atoms with Crippen LogP contribution in [0, 0.1) is 0 Å². The summed E-state index contributed by atoms with van der Waals surface area (Å²) in [4.78, 5) is 15.9. The lowest BCUT2D eigenvalue weighted by atomic mass is 10.2. The molecule has 0 saturated carbocycles. The second kappa shape index (κ2) is 8.17. The van der Waals surface area contributed by atoms with Crippen molar-refractivity contribution in [3.63, 3.8) is 0 Å². The highest BCUT2D eigenvalue weighted by atomic mass is 35.5. The van der Waals surface area contributed by atoms with E-state index in [9.17, 15) is 4.79 Å². The first-order valence-corrected chi connectivity index (χ1v) is 8.03. The van der Waals surface area contributed by atoms with E-state index in [4.69, 9.17) is 0 Å². The molecule has 6 nitrogen and oxygen atoms in total. The van der Waals surface area contributed by atoms with Gasteiger partial charge in [0.05, 0.1) is 5.69 Å². The molecule has 1 aromatic heterocycles. The second-order valence-corrected chi connectivity index (χ2v) is 6.02. The Morgan fingerprint density at radius 3 is 2.86 bits per heavy atom. The third kappa shape index (κ3) is 4.46. The molecule has 118 valence electrons. The van der Waals surface area contributed by atoms with Gasteiger partial charge < -0.3 is 10.6 Å². The third-order valence-electron chi connectivity index (χ3n) is 3.26. The summed E-state index contributed by atoms with van der Waals surface area (Å²) in [7, 11) is 0. The molecule has 1 saturated heterocycles. The van der Waals surface area contributed by atoms with Crippen molar-refractivity contribution in [2.45, 2.75) is 12.5 Å². The summed E-state index contributed by atoms with van der Waals surface area (Å²) in [5.41, 5.74) is 1.71. The number of nitrogens with one attached hydrogen (secondary N) is 2. The van der Waals surface area contributed by atoms with Crippen molar-refractivity contribution < 1.29 is 4.79 Å². The summed E-state index contributed by atoms with van der Waals surface area (Å²) in [6, 6.07) is 7.83. The Balaban J connectivity index is 0.00000176. The number of nitrogens with zero attached hydrogens (tertiary/aromatic N) is 3. The van der Waals surface area contributed by atoms with Crippen LogP contribution >= 0.6 is 24.2 Å². The Labute approximate surface area is 139 Å². The first-order valence-electron chi connectivity index (χ1n) is 6.87. The molecular weight excluding hydrogens is 322 g/mol. The van der Waals surface area contributed by atoms with E-state index in [-0.39, 0.29) is 24.4 Å². The SMILES string of the molecule is Cl.O=C(CC1CSCCN1)Nc1ccc(-n2cncn2)cc1. The first-order chi connectivity index (χ1) is 10.3. The standard InChI is InChI=1S/C14H17N5OS.ClH/c20-14(7-12-8-21-6-5-16-12)18-11-1-3-13(4-2-11)19-10-15-9-17-19;/h1-4,9-10,12,16H,5-8H2,(H,18,20);1H. The molecule has 1 aliphatic heterocycles. The third-order valence-corrected chi connectivity index (χ3v) is 4.40. The average molecular weight is 340 g/mol. The van der Waals surface area contributed by atoms with Crippen molar-refractivity contribution in [2.75, 3.05) is 23.4 Å². The van der Waals surface area contributed by atoms with Gasteiger partial charge >= 0.3 is 0 Å². The Bertz CT molecular complexity index is 584. The number of anilines is 1. The molecule has 1 unspecified atom stereocenters. The molecule has 0 radical (unpaired) electrons. The molecule has 0 spiro atoms. The molecule has 22 heavy (non-hydrogen) atoms. The number of aromatic nitrogens is 3. The monoisotopic (exact) mass is 339 g/mol. The summed E-state index contributed by atoms with van der Waals surface area (Å²) in [5, 5.41) is 10.4. The Morgan fingerprint density at radius 1 is 1.41 bits per heavy atom. The van der Waals surface area contributed by atoms with Crippen LogP contribution in [0.25, 0.3) is 5.69 Å². The Hall–Kier alpha value is -1.57. The fourth-order valence-electron chi connectivity index (χ4n) is 2.23. The van der Waals surface area contributed by atoms with E-state index in [1.54, 1.807) is 11.0 Å². The number of carbonyl (C=O) groups is 1. The van der Waals surface area contributed by atoms with Crippen molar-refractivity contribution in [1.82, 2.24) is 20.1 Å². The van der Waals surface area contributed by atoms with Crippen LogP contribution in [-0.2, 0) is 4.79 Å². The molecule has 2 aromatic rings. The number of benzene rings is 1. The number of amides is 1. The normalized spacial score (nSPS) is 17.5. The lowest BCUT2D eigenvalue weighted by Gasteiger charge is -2.22. The Morgan fingerprint density at radius 2 is 2.23 bits per heavy atom. The summed E-state index contributed by atoms with van der Waals surface area (Å²) < 4.78 is 1.68. The van der Waals surface area contributed by atoms with E-state index < -0.39 is 0 Å². The second-order valence-electron chi connectivity index (χ2n) is 4.87. The maximum absolute atomic E-state index is 12.0. The van der Waals surface area contributed by atoms with E-state index >= 15 is 0 Å². The summed E-state index contributed by atoms with van der Waals surface area (Å²) >= 11 is 1.89. The van der Waals surface area contributed by atoms with Crippen LogP contribution < -0.4 is 10.6 Å². The van der Waals surface area contributed by atoms with E-state index in [0.29, 0.717) is 6.42 Å². The van der Waals surface area contributed by atoms with E-state index in [1.165, 1.54) is 6.33 Å². The lowest BCUT2D eigenvalue weighted by molar-refractivity contribution is -0.116. The summed E-state index contributed by atoms with van der Waals surface area (Å²) in [6.45, 7) is 0.981. The summed E-state index contributed by atoms with van der Waals surface area (Å²) in [5.74, 6) is 2.17. The van der Waals surface area contributed by atoms with Gasteiger partial charge in [0.15, 0.2) is 0 Å². The molecule has 0 aliphatic carbocycles. The number of halogens is 1.